The number of hydrogen-bond donors (Lipinski definition) is 1. The third-order valence-electron chi connectivity index (χ3n) is 4.11. The van der Waals surface area contributed by atoms with E-state index < -0.39 is 0 Å². The van der Waals surface area contributed by atoms with E-state index in [9.17, 15) is 9.59 Å². The molecule has 6 heteroatoms. The first-order chi connectivity index (χ1) is 9.54. The van der Waals surface area contributed by atoms with Crippen LogP contribution in [0, 0.1) is 5.92 Å². The van der Waals surface area contributed by atoms with Gasteiger partial charge < -0.3 is 14.7 Å². The SMILES string of the molecule is CC(=O)N1C[C@@H](C)[C@H](NC(=O)c2cc(C3CC3)on2)C1. The van der Waals surface area contributed by atoms with Crippen LogP contribution in [0.4, 0.5) is 0 Å². The maximum atomic E-state index is 12.1. The summed E-state index contributed by atoms with van der Waals surface area (Å²) >= 11 is 0. The zero-order chi connectivity index (χ0) is 14.3. The summed E-state index contributed by atoms with van der Waals surface area (Å²) in [5.41, 5.74) is 0.334. The minimum absolute atomic E-state index is 0.0209. The number of likely N-dealkylation sites (tertiary alicyclic amines) is 1. The first-order valence-electron chi connectivity index (χ1n) is 7.07. The highest BCUT2D eigenvalue weighted by atomic mass is 16.5. The van der Waals surface area contributed by atoms with Crippen LogP contribution >= 0.6 is 0 Å². The Morgan fingerprint density at radius 1 is 1.40 bits per heavy atom. The van der Waals surface area contributed by atoms with E-state index >= 15 is 0 Å². The molecule has 6 nitrogen and oxygen atoms in total. The van der Waals surface area contributed by atoms with Gasteiger partial charge in [0.2, 0.25) is 5.91 Å². The zero-order valence-electron chi connectivity index (χ0n) is 11.8. The highest BCUT2D eigenvalue weighted by Crippen LogP contribution is 2.40. The van der Waals surface area contributed by atoms with Gasteiger partial charge in [0.25, 0.3) is 5.91 Å². The fourth-order valence-corrected chi connectivity index (χ4v) is 2.61. The van der Waals surface area contributed by atoms with Crippen molar-refractivity contribution in [3.8, 4) is 0 Å². The summed E-state index contributed by atoms with van der Waals surface area (Å²) in [4.78, 5) is 25.3. The van der Waals surface area contributed by atoms with Crippen LogP contribution in [0.1, 0.15) is 48.9 Å². The summed E-state index contributed by atoms with van der Waals surface area (Å²) in [6, 6.07) is 1.71. The molecule has 1 aliphatic heterocycles. The highest BCUT2D eigenvalue weighted by molar-refractivity contribution is 5.92. The van der Waals surface area contributed by atoms with Crippen LogP contribution in [-0.2, 0) is 4.79 Å². The monoisotopic (exact) mass is 277 g/mol. The van der Waals surface area contributed by atoms with Crippen LogP contribution < -0.4 is 5.32 Å². The van der Waals surface area contributed by atoms with Crippen molar-refractivity contribution >= 4 is 11.8 Å². The molecule has 2 fully saturated rings. The minimum atomic E-state index is -0.220. The molecular weight excluding hydrogens is 258 g/mol. The first-order valence-corrected chi connectivity index (χ1v) is 7.07. The Balaban J connectivity index is 1.61. The second-order valence-corrected chi connectivity index (χ2v) is 5.87. The van der Waals surface area contributed by atoms with E-state index in [0.717, 1.165) is 18.6 Å². The van der Waals surface area contributed by atoms with Crippen molar-refractivity contribution in [2.45, 2.75) is 38.6 Å². The molecule has 0 unspecified atom stereocenters. The van der Waals surface area contributed by atoms with Crippen LogP contribution in [0.5, 0.6) is 0 Å². The standard InChI is InChI=1S/C14H19N3O3/c1-8-6-17(9(2)18)7-12(8)15-14(19)11-5-13(20-16-11)10-3-4-10/h5,8,10,12H,3-4,6-7H2,1-2H3,(H,15,19)/t8-,12-/m1/s1. The molecule has 1 aliphatic carbocycles. The number of nitrogens with one attached hydrogen (secondary N) is 1. The van der Waals surface area contributed by atoms with Gasteiger partial charge in [0, 0.05) is 32.0 Å². The van der Waals surface area contributed by atoms with Gasteiger partial charge >= 0.3 is 0 Å². The van der Waals surface area contributed by atoms with Crippen molar-refractivity contribution in [1.82, 2.24) is 15.4 Å². The van der Waals surface area contributed by atoms with Gasteiger partial charge in [-0.3, -0.25) is 9.59 Å². The quantitative estimate of drug-likeness (QED) is 0.899. The molecule has 1 aromatic rings. The van der Waals surface area contributed by atoms with Crippen LogP contribution in [0.15, 0.2) is 10.6 Å². The first kappa shape index (κ1) is 13.1. The van der Waals surface area contributed by atoms with Gasteiger partial charge in [-0.1, -0.05) is 12.1 Å². The van der Waals surface area contributed by atoms with Crippen LogP contribution in [-0.4, -0.2) is 41.0 Å². The maximum absolute atomic E-state index is 12.1. The number of nitrogens with zero attached hydrogens (tertiary/aromatic N) is 2. The third-order valence-corrected chi connectivity index (χ3v) is 4.11. The van der Waals surface area contributed by atoms with Crippen LogP contribution in [0.3, 0.4) is 0 Å². The molecule has 20 heavy (non-hydrogen) atoms. The Labute approximate surface area is 117 Å². The van der Waals surface area contributed by atoms with E-state index in [1.54, 1.807) is 17.9 Å². The molecule has 108 valence electrons. The van der Waals surface area contributed by atoms with E-state index in [1.807, 2.05) is 6.92 Å². The third kappa shape index (κ3) is 2.55. The number of carbonyl (C=O) groups is 2. The molecule has 3 rings (SSSR count). The Bertz CT molecular complexity index is 536. The second-order valence-electron chi connectivity index (χ2n) is 5.87. The molecule has 0 aromatic carbocycles. The summed E-state index contributed by atoms with van der Waals surface area (Å²) in [7, 11) is 0. The van der Waals surface area contributed by atoms with Gasteiger partial charge in [0.1, 0.15) is 5.76 Å². The largest absolute Gasteiger partial charge is 0.360 e. The predicted octanol–water partition coefficient (Wildman–Crippen LogP) is 1.15. The molecule has 1 aromatic heterocycles. The summed E-state index contributed by atoms with van der Waals surface area (Å²) in [6.07, 6.45) is 2.23. The molecule has 2 heterocycles. The van der Waals surface area contributed by atoms with Gasteiger partial charge in [-0.05, 0) is 18.8 Å². The van der Waals surface area contributed by atoms with Crippen molar-refractivity contribution in [2.24, 2.45) is 5.92 Å². The Hall–Kier alpha value is -1.85. The average molecular weight is 277 g/mol. The van der Waals surface area contributed by atoms with Gasteiger partial charge in [0.15, 0.2) is 5.69 Å². The molecule has 0 radical (unpaired) electrons. The molecule has 0 spiro atoms. The number of hydrogen-bond acceptors (Lipinski definition) is 4. The Morgan fingerprint density at radius 3 is 2.75 bits per heavy atom. The number of carbonyl (C=O) groups excluding carboxylic acids is 2. The lowest BCUT2D eigenvalue weighted by Gasteiger charge is -2.15. The summed E-state index contributed by atoms with van der Waals surface area (Å²) in [5, 5.41) is 6.78. The molecule has 2 amide bonds. The fourth-order valence-electron chi connectivity index (χ4n) is 2.61. The van der Waals surface area contributed by atoms with E-state index in [1.165, 1.54) is 0 Å². The normalized spacial score (nSPS) is 25.8. The lowest BCUT2D eigenvalue weighted by atomic mass is 10.1. The summed E-state index contributed by atoms with van der Waals surface area (Å²) in [5.74, 6) is 1.33. The summed E-state index contributed by atoms with van der Waals surface area (Å²) in [6.45, 7) is 4.84. The minimum Gasteiger partial charge on any atom is -0.360 e. The maximum Gasteiger partial charge on any atom is 0.273 e. The van der Waals surface area contributed by atoms with Crippen molar-refractivity contribution in [3.05, 3.63) is 17.5 Å². The summed E-state index contributed by atoms with van der Waals surface area (Å²) < 4.78 is 5.19. The van der Waals surface area contributed by atoms with E-state index in [0.29, 0.717) is 24.7 Å². The number of rotatable bonds is 3. The van der Waals surface area contributed by atoms with Crippen molar-refractivity contribution in [3.63, 3.8) is 0 Å². The lowest BCUT2D eigenvalue weighted by molar-refractivity contribution is -0.127. The predicted molar refractivity (Wildman–Crippen MR) is 71.2 cm³/mol. The van der Waals surface area contributed by atoms with Crippen molar-refractivity contribution < 1.29 is 14.1 Å². The molecular formula is C14H19N3O3. The van der Waals surface area contributed by atoms with Crippen molar-refractivity contribution in [1.29, 1.82) is 0 Å². The van der Waals surface area contributed by atoms with Gasteiger partial charge in [0.05, 0.1) is 6.04 Å². The Kier molecular flexibility index (Phi) is 3.23. The lowest BCUT2D eigenvalue weighted by Crippen LogP contribution is -2.40. The van der Waals surface area contributed by atoms with Gasteiger partial charge in [-0.25, -0.2) is 0 Å². The Morgan fingerprint density at radius 2 is 2.15 bits per heavy atom. The second kappa shape index (κ2) is 4.92. The average Bonchev–Trinajstić information content (AvgIpc) is 3.01. The number of amides is 2. The van der Waals surface area contributed by atoms with Gasteiger partial charge in [-0.15, -0.1) is 0 Å². The fraction of sp³-hybridized carbons (Fsp3) is 0.643. The van der Waals surface area contributed by atoms with E-state index in [2.05, 4.69) is 10.5 Å². The van der Waals surface area contributed by atoms with Crippen LogP contribution in [0.2, 0.25) is 0 Å². The highest BCUT2D eigenvalue weighted by Gasteiger charge is 2.33. The molecule has 2 atom stereocenters. The van der Waals surface area contributed by atoms with Crippen molar-refractivity contribution in [2.75, 3.05) is 13.1 Å². The smallest absolute Gasteiger partial charge is 0.273 e. The molecule has 1 saturated heterocycles. The van der Waals surface area contributed by atoms with Crippen LogP contribution in [0.25, 0.3) is 0 Å². The number of aromatic nitrogens is 1. The molecule has 1 saturated carbocycles. The molecule has 1 N–H and O–H groups in total. The zero-order valence-corrected chi connectivity index (χ0v) is 11.8. The van der Waals surface area contributed by atoms with Gasteiger partial charge in [-0.2, -0.15) is 0 Å². The van der Waals surface area contributed by atoms with E-state index in [4.69, 9.17) is 4.52 Å². The topological polar surface area (TPSA) is 75.4 Å². The van der Waals surface area contributed by atoms with E-state index in [-0.39, 0.29) is 23.8 Å². The molecule has 0 bridgehead atoms. The molecule has 2 aliphatic rings.